The Kier molecular flexibility index (Phi) is 0.907. The molecule has 0 amide bonds. The molecule has 4 fully saturated rings. The summed E-state index contributed by atoms with van der Waals surface area (Å²) >= 11 is 0. The van der Waals surface area contributed by atoms with Crippen LogP contribution in [0.5, 0.6) is 0 Å². The molecule has 2 heteroatoms. The van der Waals surface area contributed by atoms with Crippen molar-refractivity contribution in [3.8, 4) is 0 Å². The van der Waals surface area contributed by atoms with Gasteiger partial charge in [-0.1, -0.05) is 0 Å². The molecule has 6 unspecified atom stereocenters. The SMILES string of the molecule is O=C1CC2C3CC(=O)C4C3CC2C14. The smallest absolute Gasteiger partial charge is 0.137 e. The molecule has 0 N–H and O–H groups in total. The minimum atomic E-state index is 0.182. The van der Waals surface area contributed by atoms with E-state index in [4.69, 9.17) is 0 Å². The van der Waals surface area contributed by atoms with Gasteiger partial charge in [-0.3, -0.25) is 9.59 Å². The molecule has 0 heterocycles. The van der Waals surface area contributed by atoms with Crippen LogP contribution in [0, 0.1) is 35.5 Å². The maximum atomic E-state index is 11.7. The summed E-state index contributed by atoms with van der Waals surface area (Å²) in [5.41, 5.74) is 0. The lowest BCUT2D eigenvalue weighted by molar-refractivity contribution is -0.129. The molecule has 0 radical (unpaired) electrons. The van der Waals surface area contributed by atoms with E-state index >= 15 is 0 Å². The van der Waals surface area contributed by atoms with Crippen LogP contribution in [0.3, 0.4) is 0 Å². The Morgan fingerprint density at radius 3 is 1.69 bits per heavy atom. The van der Waals surface area contributed by atoms with Crippen molar-refractivity contribution in [2.24, 2.45) is 35.5 Å². The Bertz CT molecular complexity index is 297. The maximum absolute atomic E-state index is 11.7. The highest BCUT2D eigenvalue weighted by Gasteiger charge is 2.69. The van der Waals surface area contributed by atoms with Crippen molar-refractivity contribution >= 4 is 11.6 Å². The van der Waals surface area contributed by atoms with Crippen LogP contribution in [-0.4, -0.2) is 11.6 Å². The van der Waals surface area contributed by atoms with Gasteiger partial charge in [0.25, 0.3) is 0 Å². The number of rotatable bonds is 0. The maximum Gasteiger partial charge on any atom is 0.137 e. The van der Waals surface area contributed by atoms with Gasteiger partial charge in [0.2, 0.25) is 0 Å². The fourth-order valence-corrected chi connectivity index (χ4v) is 4.88. The highest BCUT2D eigenvalue weighted by molar-refractivity contribution is 5.96. The van der Waals surface area contributed by atoms with Gasteiger partial charge < -0.3 is 0 Å². The average molecular weight is 176 g/mol. The molecule has 13 heavy (non-hydrogen) atoms. The third-order valence-corrected chi connectivity index (χ3v) is 5.12. The van der Waals surface area contributed by atoms with E-state index in [1.807, 2.05) is 0 Å². The van der Waals surface area contributed by atoms with Crippen LogP contribution in [0.2, 0.25) is 0 Å². The highest BCUT2D eigenvalue weighted by Crippen LogP contribution is 2.68. The summed E-state index contributed by atoms with van der Waals surface area (Å²) in [5.74, 6) is 3.67. The van der Waals surface area contributed by atoms with Gasteiger partial charge in [0, 0.05) is 24.7 Å². The Morgan fingerprint density at radius 1 is 0.769 bits per heavy atom. The largest absolute Gasteiger partial charge is 0.299 e. The van der Waals surface area contributed by atoms with Crippen LogP contribution in [0.4, 0.5) is 0 Å². The standard InChI is InChI=1S/C11H12O2/c12-8-2-4-5-3-9(13)11-7(5)1-6(4)10(8)11/h4-7,10-11H,1-3H2. The van der Waals surface area contributed by atoms with Crippen molar-refractivity contribution in [3.05, 3.63) is 0 Å². The first kappa shape index (κ1) is 6.74. The van der Waals surface area contributed by atoms with E-state index in [1.54, 1.807) is 0 Å². The van der Waals surface area contributed by atoms with Crippen molar-refractivity contribution in [1.29, 1.82) is 0 Å². The first-order chi connectivity index (χ1) is 6.27. The van der Waals surface area contributed by atoms with Crippen molar-refractivity contribution in [2.45, 2.75) is 19.3 Å². The van der Waals surface area contributed by atoms with Gasteiger partial charge in [-0.2, -0.15) is 0 Å². The van der Waals surface area contributed by atoms with Crippen molar-refractivity contribution < 1.29 is 9.59 Å². The van der Waals surface area contributed by atoms with Gasteiger partial charge in [-0.05, 0) is 30.1 Å². The molecule has 2 bridgehead atoms. The molecule has 0 spiro atoms. The molecule has 0 saturated heterocycles. The molecule has 0 aromatic heterocycles. The van der Waals surface area contributed by atoms with Gasteiger partial charge in [-0.15, -0.1) is 0 Å². The monoisotopic (exact) mass is 176 g/mol. The molecule has 68 valence electrons. The molecule has 0 aromatic rings. The molecular weight excluding hydrogens is 164 g/mol. The molecule has 4 saturated carbocycles. The van der Waals surface area contributed by atoms with E-state index < -0.39 is 0 Å². The fraction of sp³-hybridized carbons (Fsp3) is 0.818. The number of Topliss-reactive ketones (excluding diaryl/α,β-unsaturated/α-hetero) is 2. The van der Waals surface area contributed by atoms with Crippen LogP contribution >= 0.6 is 0 Å². The van der Waals surface area contributed by atoms with Crippen molar-refractivity contribution in [1.82, 2.24) is 0 Å². The Hall–Kier alpha value is -0.660. The minimum absolute atomic E-state index is 0.182. The first-order valence-electron chi connectivity index (χ1n) is 5.33. The van der Waals surface area contributed by atoms with Crippen molar-refractivity contribution in [3.63, 3.8) is 0 Å². The molecule has 4 aliphatic carbocycles. The number of hydrogen-bond donors (Lipinski definition) is 0. The number of hydrogen-bond acceptors (Lipinski definition) is 2. The molecular formula is C11H12O2. The van der Waals surface area contributed by atoms with Crippen LogP contribution in [0.1, 0.15) is 19.3 Å². The summed E-state index contributed by atoms with van der Waals surface area (Å²) in [6.07, 6.45) is 2.81. The fourth-order valence-electron chi connectivity index (χ4n) is 4.88. The van der Waals surface area contributed by atoms with Crippen molar-refractivity contribution in [2.75, 3.05) is 0 Å². The molecule has 0 aliphatic heterocycles. The minimum Gasteiger partial charge on any atom is -0.299 e. The van der Waals surface area contributed by atoms with Crippen LogP contribution < -0.4 is 0 Å². The van der Waals surface area contributed by atoms with Crippen LogP contribution in [0.15, 0.2) is 0 Å². The summed E-state index contributed by atoms with van der Waals surface area (Å²) in [5, 5.41) is 0. The highest BCUT2D eigenvalue weighted by atomic mass is 16.1. The summed E-state index contributed by atoms with van der Waals surface area (Å²) in [7, 11) is 0. The third-order valence-electron chi connectivity index (χ3n) is 5.12. The summed E-state index contributed by atoms with van der Waals surface area (Å²) in [4.78, 5) is 23.4. The van der Waals surface area contributed by atoms with E-state index in [9.17, 15) is 9.59 Å². The van der Waals surface area contributed by atoms with Gasteiger partial charge in [0.05, 0.1) is 0 Å². The Labute approximate surface area is 76.7 Å². The second-order valence-electron chi connectivity index (χ2n) is 5.28. The summed E-state index contributed by atoms with van der Waals surface area (Å²) in [6.45, 7) is 0. The number of ketones is 2. The first-order valence-corrected chi connectivity index (χ1v) is 5.33. The van der Waals surface area contributed by atoms with Crippen LogP contribution in [0.25, 0.3) is 0 Å². The number of carbonyl (C=O) groups excluding carboxylic acids is 2. The normalized spacial score (nSPS) is 61.2. The average Bonchev–Trinajstić information content (AvgIpc) is 2.67. The quantitative estimate of drug-likeness (QED) is 0.552. The lowest BCUT2D eigenvalue weighted by Gasteiger charge is -2.22. The second-order valence-corrected chi connectivity index (χ2v) is 5.28. The van der Waals surface area contributed by atoms with E-state index in [2.05, 4.69) is 0 Å². The zero-order valence-electron chi connectivity index (χ0n) is 7.40. The molecule has 4 aliphatic rings. The van der Waals surface area contributed by atoms with Crippen LogP contribution in [-0.2, 0) is 9.59 Å². The Balaban J connectivity index is 1.94. The third kappa shape index (κ3) is 0.527. The van der Waals surface area contributed by atoms with Gasteiger partial charge in [0.1, 0.15) is 11.6 Å². The summed E-state index contributed by atoms with van der Waals surface area (Å²) < 4.78 is 0. The molecule has 6 atom stereocenters. The topological polar surface area (TPSA) is 34.1 Å². The van der Waals surface area contributed by atoms with Gasteiger partial charge in [-0.25, -0.2) is 0 Å². The molecule has 4 rings (SSSR count). The lowest BCUT2D eigenvalue weighted by atomic mass is 9.79. The predicted octanol–water partition coefficient (Wildman–Crippen LogP) is 1.05. The molecule has 0 aromatic carbocycles. The number of fused-ring (bicyclic) bond motifs is 2. The zero-order valence-corrected chi connectivity index (χ0v) is 7.40. The van der Waals surface area contributed by atoms with E-state index in [1.165, 1.54) is 6.42 Å². The van der Waals surface area contributed by atoms with Gasteiger partial charge in [0.15, 0.2) is 0 Å². The van der Waals surface area contributed by atoms with E-state index in [0.717, 1.165) is 12.8 Å². The molecule has 2 nitrogen and oxygen atoms in total. The zero-order chi connectivity index (χ0) is 8.74. The van der Waals surface area contributed by atoms with Gasteiger partial charge >= 0.3 is 0 Å². The second kappa shape index (κ2) is 1.75. The lowest BCUT2D eigenvalue weighted by Crippen LogP contribution is -2.26. The number of carbonyl (C=O) groups is 2. The Morgan fingerprint density at radius 2 is 1.23 bits per heavy atom. The summed E-state index contributed by atoms with van der Waals surface area (Å²) in [6, 6.07) is 0. The predicted molar refractivity (Wildman–Crippen MR) is 44.8 cm³/mol. The van der Waals surface area contributed by atoms with E-state index in [0.29, 0.717) is 35.2 Å². The van der Waals surface area contributed by atoms with E-state index in [-0.39, 0.29) is 11.8 Å².